The Labute approximate surface area is 200 Å². The maximum absolute atomic E-state index is 13.0. The van der Waals surface area contributed by atoms with Crippen molar-refractivity contribution in [3.8, 4) is 5.75 Å². The smallest absolute Gasteiger partial charge is 0.379 e. The molecule has 0 aliphatic rings. The molecule has 0 bridgehead atoms. The molecule has 5 nitrogen and oxygen atoms in total. The molecule has 0 atom stereocenters. The third-order valence-corrected chi connectivity index (χ3v) is 6.38. The molecule has 1 amide bonds. The van der Waals surface area contributed by atoms with Crippen LogP contribution in [-0.4, -0.2) is 25.3 Å². The highest BCUT2D eigenvalue weighted by Gasteiger charge is 2.32. The van der Waals surface area contributed by atoms with E-state index >= 15 is 0 Å². The van der Waals surface area contributed by atoms with Crippen molar-refractivity contribution in [1.29, 1.82) is 0 Å². The minimum Gasteiger partial charge on any atom is -0.379 e. The highest BCUT2D eigenvalue weighted by Crippen LogP contribution is 2.31. The van der Waals surface area contributed by atoms with Gasteiger partial charge in [0.2, 0.25) is 0 Å². The first-order valence-corrected chi connectivity index (χ1v) is 11.9. The number of carbonyl (C=O) groups is 1. The summed E-state index contributed by atoms with van der Waals surface area (Å²) in [5.41, 5.74) is -0.0791. The summed E-state index contributed by atoms with van der Waals surface area (Å²) in [5.74, 6) is -0.327. The lowest BCUT2D eigenvalue weighted by Crippen LogP contribution is -2.36. The molecule has 34 heavy (non-hydrogen) atoms. The number of rotatable bonds is 7. The highest BCUT2D eigenvalue weighted by atomic mass is 35.5. The molecule has 0 heterocycles. The Balaban J connectivity index is 1.82. The summed E-state index contributed by atoms with van der Waals surface area (Å²) in [6, 6.07) is 15.6. The van der Waals surface area contributed by atoms with Crippen LogP contribution in [0.5, 0.6) is 5.75 Å². The van der Waals surface area contributed by atoms with E-state index in [0.717, 1.165) is 18.2 Å². The van der Waals surface area contributed by atoms with Crippen molar-refractivity contribution in [3.05, 3.63) is 94.5 Å². The molecule has 180 valence electrons. The van der Waals surface area contributed by atoms with Crippen molar-refractivity contribution >= 4 is 27.6 Å². The van der Waals surface area contributed by atoms with Gasteiger partial charge in [-0.2, -0.15) is 21.6 Å². The SMILES string of the molecule is CC(C)N(Cc1cccc(OS(=O)(=O)c2cccc(C(F)(F)F)c2)c1)C(=O)c1ccc(Cl)cc1. The number of nitrogens with zero attached hydrogens (tertiary/aromatic N) is 1. The maximum atomic E-state index is 13.0. The molecule has 0 saturated carbocycles. The number of carbonyl (C=O) groups excluding carboxylic acids is 1. The van der Waals surface area contributed by atoms with Crippen LogP contribution in [0.2, 0.25) is 5.02 Å². The van der Waals surface area contributed by atoms with Crippen LogP contribution in [0.3, 0.4) is 0 Å². The number of hydrogen-bond acceptors (Lipinski definition) is 4. The van der Waals surface area contributed by atoms with Crippen molar-refractivity contribution in [2.24, 2.45) is 0 Å². The van der Waals surface area contributed by atoms with E-state index < -0.39 is 26.8 Å². The average Bonchev–Trinajstić information content (AvgIpc) is 2.77. The minimum atomic E-state index is -4.69. The largest absolute Gasteiger partial charge is 0.416 e. The Kier molecular flexibility index (Phi) is 7.57. The van der Waals surface area contributed by atoms with Gasteiger partial charge in [0.1, 0.15) is 10.6 Å². The fourth-order valence-electron chi connectivity index (χ4n) is 3.14. The number of benzene rings is 3. The van der Waals surface area contributed by atoms with Gasteiger partial charge in [-0.15, -0.1) is 0 Å². The van der Waals surface area contributed by atoms with Crippen LogP contribution >= 0.6 is 11.6 Å². The molecule has 10 heteroatoms. The second-order valence-electron chi connectivity index (χ2n) is 7.74. The molecular formula is C24H21ClF3NO4S. The molecule has 0 unspecified atom stereocenters. The lowest BCUT2D eigenvalue weighted by Gasteiger charge is -2.27. The van der Waals surface area contributed by atoms with Gasteiger partial charge in [0, 0.05) is 23.2 Å². The molecule has 0 saturated heterocycles. The summed E-state index contributed by atoms with van der Waals surface area (Å²) in [6.45, 7) is 3.83. The van der Waals surface area contributed by atoms with E-state index in [-0.39, 0.29) is 24.2 Å². The van der Waals surface area contributed by atoms with Crippen molar-refractivity contribution in [1.82, 2.24) is 4.90 Å². The van der Waals surface area contributed by atoms with E-state index in [9.17, 15) is 26.4 Å². The van der Waals surface area contributed by atoms with Crippen LogP contribution in [-0.2, 0) is 22.8 Å². The van der Waals surface area contributed by atoms with Crippen LogP contribution in [0, 0.1) is 0 Å². The molecule has 0 aromatic heterocycles. The van der Waals surface area contributed by atoms with Gasteiger partial charge in [0.15, 0.2) is 0 Å². The van der Waals surface area contributed by atoms with Crippen LogP contribution in [0.4, 0.5) is 13.2 Å². The number of hydrogen-bond donors (Lipinski definition) is 0. The van der Waals surface area contributed by atoms with Gasteiger partial charge in [-0.05, 0) is 74.0 Å². The van der Waals surface area contributed by atoms with E-state index in [1.165, 1.54) is 18.2 Å². The van der Waals surface area contributed by atoms with Gasteiger partial charge in [-0.3, -0.25) is 4.79 Å². The monoisotopic (exact) mass is 511 g/mol. The molecule has 0 N–H and O–H groups in total. The predicted molar refractivity (Wildman–Crippen MR) is 122 cm³/mol. The Hall–Kier alpha value is -3.04. The van der Waals surface area contributed by atoms with E-state index in [1.807, 2.05) is 13.8 Å². The van der Waals surface area contributed by atoms with Gasteiger partial charge in [-0.25, -0.2) is 0 Å². The second kappa shape index (κ2) is 10.1. The van der Waals surface area contributed by atoms with E-state index in [2.05, 4.69) is 0 Å². The van der Waals surface area contributed by atoms with Crippen LogP contribution < -0.4 is 4.18 Å². The fourth-order valence-corrected chi connectivity index (χ4v) is 4.24. The molecular weight excluding hydrogens is 491 g/mol. The molecule has 0 radical (unpaired) electrons. The first-order chi connectivity index (χ1) is 15.9. The maximum Gasteiger partial charge on any atom is 0.416 e. The summed E-state index contributed by atoms with van der Waals surface area (Å²) < 4.78 is 69.1. The summed E-state index contributed by atoms with van der Waals surface area (Å²) in [5, 5.41) is 0.500. The van der Waals surface area contributed by atoms with Crippen molar-refractivity contribution in [2.75, 3.05) is 0 Å². The molecule has 3 aromatic carbocycles. The third-order valence-electron chi connectivity index (χ3n) is 4.88. The fraction of sp³-hybridized carbons (Fsp3) is 0.208. The zero-order chi connectivity index (χ0) is 25.1. The highest BCUT2D eigenvalue weighted by molar-refractivity contribution is 7.87. The summed E-state index contributed by atoms with van der Waals surface area (Å²) in [7, 11) is -4.51. The summed E-state index contributed by atoms with van der Waals surface area (Å²) in [6.07, 6.45) is -4.69. The standard InChI is InChI=1S/C24H21ClF3NO4S/c1-16(2)29(23(30)18-9-11-20(25)12-10-18)15-17-5-3-7-21(13-17)33-34(31,32)22-8-4-6-19(14-22)24(26,27)28/h3-14,16H,15H2,1-2H3. The Morgan fingerprint density at radius 3 is 2.26 bits per heavy atom. The topological polar surface area (TPSA) is 63.7 Å². The van der Waals surface area contributed by atoms with Gasteiger partial charge in [0.05, 0.1) is 5.56 Å². The molecule has 3 aromatic rings. The first kappa shape index (κ1) is 25.6. The summed E-state index contributed by atoms with van der Waals surface area (Å²) in [4.78, 5) is 13.9. The van der Waals surface area contributed by atoms with Gasteiger partial charge in [0.25, 0.3) is 5.91 Å². The van der Waals surface area contributed by atoms with Crippen molar-refractivity contribution < 1.29 is 30.6 Å². The molecule has 0 aliphatic heterocycles. The Morgan fingerprint density at radius 1 is 1.00 bits per heavy atom. The minimum absolute atomic E-state index is 0.0856. The molecule has 0 spiro atoms. The van der Waals surface area contributed by atoms with Gasteiger partial charge < -0.3 is 9.08 Å². The lowest BCUT2D eigenvalue weighted by molar-refractivity contribution is -0.137. The van der Waals surface area contributed by atoms with Gasteiger partial charge in [-0.1, -0.05) is 29.8 Å². The Morgan fingerprint density at radius 2 is 1.65 bits per heavy atom. The van der Waals surface area contributed by atoms with E-state index in [1.54, 1.807) is 35.2 Å². The normalized spacial score (nSPS) is 12.0. The van der Waals surface area contributed by atoms with E-state index in [4.69, 9.17) is 15.8 Å². The third kappa shape index (κ3) is 6.30. The molecule has 0 aliphatic carbocycles. The van der Waals surface area contributed by atoms with Crippen LogP contribution in [0.15, 0.2) is 77.7 Å². The van der Waals surface area contributed by atoms with Gasteiger partial charge >= 0.3 is 16.3 Å². The van der Waals surface area contributed by atoms with Crippen molar-refractivity contribution in [3.63, 3.8) is 0 Å². The quantitative estimate of drug-likeness (QED) is 0.355. The summed E-state index contributed by atoms with van der Waals surface area (Å²) >= 11 is 5.89. The van der Waals surface area contributed by atoms with E-state index in [0.29, 0.717) is 22.2 Å². The lowest BCUT2D eigenvalue weighted by atomic mass is 10.1. The predicted octanol–water partition coefficient (Wildman–Crippen LogP) is 6.18. The van der Waals surface area contributed by atoms with Crippen LogP contribution in [0.1, 0.15) is 35.3 Å². The Bertz CT molecular complexity index is 1280. The molecule has 0 fully saturated rings. The molecule has 3 rings (SSSR count). The number of amides is 1. The first-order valence-electron chi connectivity index (χ1n) is 10.1. The zero-order valence-corrected chi connectivity index (χ0v) is 19.8. The number of halogens is 4. The van der Waals surface area contributed by atoms with Crippen molar-refractivity contribution in [2.45, 2.75) is 37.5 Å². The average molecular weight is 512 g/mol. The second-order valence-corrected chi connectivity index (χ2v) is 9.73. The zero-order valence-electron chi connectivity index (χ0n) is 18.2. The number of alkyl halides is 3. The van der Waals surface area contributed by atoms with Crippen LogP contribution in [0.25, 0.3) is 0 Å².